The molecule has 0 saturated heterocycles. The Morgan fingerprint density at radius 1 is 1.45 bits per heavy atom. The van der Waals surface area contributed by atoms with Crippen LogP contribution in [0, 0.1) is 5.92 Å². The van der Waals surface area contributed by atoms with Crippen LogP contribution in [0.3, 0.4) is 0 Å². The van der Waals surface area contributed by atoms with E-state index in [-0.39, 0.29) is 5.91 Å². The minimum Gasteiger partial charge on any atom is -0.359 e. The lowest BCUT2D eigenvalue weighted by Crippen LogP contribution is -2.34. The summed E-state index contributed by atoms with van der Waals surface area (Å²) in [6.45, 7) is 6.04. The van der Waals surface area contributed by atoms with Gasteiger partial charge in [0.05, 0.1) is 18.8 Å². The van der Waals surface area contributed by atoms with Gasteiger partial charge in [0, 0.05) is 12.0 Å². The Labute approximate surface area is 120 Å². The van der Waals surface area contributed by atoms with Crippen LogP contribution in [-0.4, -0.2) is 24.2 Å². The molecule has 112 valence electrons. The Balaban J connectivity index is 1.68. The van der Waals surface area contributed by atoms with Gasteiger partial charge in [0.25, 0.3) is 0 Å². The maximum absolute atomic E-state index is 11.6. The van der Waals surface area contributed by atoms with Crippen molar-refractivity contribution in [3.8, 4) is 0 Å². The van der Waals surface area contributed by atoms with Gasteiger partial charge >= 0.3 is 0 Å². The third-order valence-corrected chi connectivity index (χ3v) is 3.86. The van der Waals surface area contributed by atoms with Crippen LogP contribution in [-0.2, 0) is 11.3 Å². The van der Waals surface area contributed by atoms with E-state index in [0.717, 1.165) is 36.8 Å². The van der Waals surface area contributed by atoms with E-state index in [1.807, 2.05) is 6.07 Å². The summed E-state index contributed by atoms with van der Waals surface area (Å²) in [7, 11) is 0. The normalized spacial score (nSPS) is 14.8. The molecule has 1 aromatic heterocycles. The molecule has 2 rings (SSSR count). The molecule has 5 heteroatoms. The molecule has 0 atom stereocenters. The molecule has 0 aliphatic heterocycles. The van der Waals surface area contributed by atoms with Crippen molar-refractivity contribution in [1.82, 2.24) is 15.8 Å². The van der Waals surface area contributed by atoms with E-state index in [1.165, 1.54) is 12.8 Å². The predicted molar refractivity (Wildman–Crippen MR) is 77.3 cm³/mol. The van der Waals surface area contributed by atoms with E-state index >= 15 is 0 Å². The van der Waals surface area contributed by atoms with Crippen LogP contribution in [0.15, 0.2) is 10.6 Å². The van der Waals surface area contributed by atoms with Gasteiger partial charge < -0.3 is 15.2 Å². The fourth-order valence-electron chi connectivity index (χ4n) is 2.27. The minimum absolute atomic E-state index is 0.00568. The van der Waals surface area contributed by atoms with Crippen LogP contribution in [0.1, 0.15) is 56.9 Å². The fraction of sp³-hybridized carbons (Fsp3) is 0.733. The number of carbonyl (C=O) groups is 1. The third kappa shape index (κ3) is 4.63. The van der Waals surface area contributed by atoms with Gasteiger partial charge in [-0.2, -0.15) is 0 Å². The number of hydrogen-bond acceptors (Lipinski definition) is 4. The van der Waals surface area contributed by atoms with Gasteiger partial charge in [-0.1, -0.05) is 19.0 Å². The van der Waals surface area contributed by atoms with Crippen molar-refractivity contribution in [3.05, 3.63) is 17.5 Å². The lowest BCUT2D eigenvalue weighted by atomic mass is 9.99. The largest absolute Gasteiger partial charge is 0.359 e. The molecular formula is C15H25N3O2. The Hall–Kier alpha value is -1.36. The molecule has 0 aromatic carbocycles. The van der Waals surface area contributed by atoms with Crippen LogP contribution >= 0.6 is 0 Å². The number of rotatable bonds is 9. The number of carbonyl (C=O) groups excluding carboxylic acids is 1. The molecular weight excluding hydrogens is 254 g/mol. The van der Waals surface area contributed by atoms with Crippen molar-refractivity contribution < 1.29 is 9.32 Å². The van der Waals surface area contributed by atoms with Crippen molar-refractivity contribution in [1.29, 1.82) is 0 Å². The van der Waals surface area contributed by atoms with Gasteiger partial charge in [0.15, 0.2) is 5.76 Å². The second kappa shape index (κ2) is 7.43. The lowest BCUT2D eigenvalue weighted by molar-refractivity contribution is -0.120. The van der Waals surface area contributed by atoms with Crippen molar-refractivity contribution >= 4 is 5.91 Å². The maximum atomic E-state index is 11.6. The molecule has 1 aliphatic rings. The molecule has 1 aromatic rings. The molecule has 0 radical (unpaired) electrons. The summed E-state index contributed by atoms with van der Waals surface area (Å²) in [5.41, 5.74) is 0.992. The van der Waals surface area contributed by atoms with Gasteiger partial charge in [-0.3, -0.25) is 4.79 Å². The van der Waals surface area contributed by atoms with Gasteiger partial charge in [0.2, 0.25) is 5.91 Å². The van der Waals surface area contributed by atoms with Crippen LogP contribution in [0.4, 0.5) is 0 Å². The van der Waals surface area contributed by atoms with Crippen molar-refractivity contribution in [2.24, 2.45) is 5.92 Å². The zero-order chi connectivity index (χ0) is 14.4. The molecule has 20 heavy (non-hydrogen) atoms. The molecule has 1 amide bonds. The summed E-state index contributed by atoms with van der Waals surface area (Å²) >= 11 is 0. The quantitative estimate of drug-likeness (QED) is 0.727. The molecule has 0 spiro atoms. The number of hydrogen-bond donors (Lipinski definition) is 2. The van der Waals surface area contributed by atoms with Crippen molar-refractivity contribution in [2.75, 3.05) is 13.1 Å². The molecule has 5 nitrogen and oxygen atoms in total. The van der Waals surface area contributed by atoms with E-state index in [2.05, 4.69) is 29.6 Å². The van der Waals surface area contributed by atoms with Gasteiger partial charge in [-0.05, 0) is 38.1 Å². The van der Waals surface area contributed by atoms with Crippen LogP contribution in [0.2, 0.25) is 0 Å². The predicted octanol–water partition coefficient (Wildman–Crippen LogP) is 2.19. The van der Waals surface area contributed by atoms with Crippen LogP contribution in [0.25, 0.3) is 0 Å². The maximum Gasteiger partial charge on any atom is 0.234 e. The van der Waals surface area contributed by atoms with Gasteiger partial charge in [-0.25, -0.2) is 0 Å². The van der Waals surface area contributed by atoms with E-state index in [9.17, 15) is 4.79 Å². The first kappa shape index (κ1) is 15.0. The fourth-order valence-corrected chi connectivity index (χ4v) is 2.27. The monoisotopic (exact) mass is 279 g/mol. The lowest BCUT2D eigenvalue weighted by Gasteiger charge is -2.06. The highest BCUT2D eigenvalue weighted by molar-refractivity contribution is 5.77. The van der Waals surface area contributed by atoms with E-state index in [0.29, 0.717) is 19.0 Å². The highest BCUT2D eigenvalue weighted by atomic mass is 16.5. The van der Waals surface area contributed by atoms with Crippen molar-refractivity contribution in [2.45, 2.75) is 52.0 Å². The topological polar surface area (TPSA) is 67.2 Å². The molecule has 2 N–H and O–H groups in total. The highest BCUT2D eigenvalue weighted by Gasteiger charge is 2.20. The molecule has 1 aliphatic carbocycles. The number of amides is 1. The Kier molecular flexibility index (Phi) is 5.59. The smallest absolute Gasteiger partial charge is 0.234 e. The minimum atomic E-state index is 0.00568. The Morgan fingerprint density at radius 3 is 2.85 bits per heavy atom. The van der Waals surface area contributed by atoms with E-state index < -0.39 is 0 Å². The summed E-state index contributed by atoms with van der Waals surface area (Å²) in [5, 5.41) is 10.1. The average molecular weight is 279 g/mol. The Bertz CT molecular complexity index is 423. The van der Waals surface area contributed by atoms with Gasteiger partial charge in [-0.15, -0.1) is 0 Å². The summed E-state index contributed by atoms with van der Waals surface area (Å²) in [6.07, 6.45) is 4.71. The summed E-state index contributed by atoms with van der Waals surface area (Å²) in [6, 6.07) is 1.95. The summed E-state index contributed by atoms with van der Waals surface area (Å²) in [4.78, 5) is 11.6. The zero-order valence-corrected chi connectivity index (χ0v) is 12.4. The second-order valence-corrected chi connectivity index (χ2v) is 5.58. The Morgan fingerprint density at radius 2 is 2.20 bits per heavy atom. The molecule has 1 fully saturated rings. The zero-order valence-electron chi connectivity index (χ0n) is 12.4. The average Bonchev–Trinajstić information content (AvgIpc) is 3.15. The third-order valence-electron chi connectivity index (χ3n) is 3.86. The number of nitrogens with one attached hydrogen (secondary N) is 2. The summed E-state index contributed by atoms with van der Waals surface area (Å²) in [5.74, 6) is 1.97. The first-order valence-electron chi connectivity index (χ1n) is 7.65. The molecule has 0 bridgehead atoms. The highest BCUT2D eigenvalue weighted by Crippen LogP contribution is 2.27. The van der Waals surface area contributed by atoms with Crippen LogP contribution in [0.5, 0.6) is 0 Å². The number of nitrogens with zero attached hydrogens (tertiary/aromatic N) is 1. The van der Waals surface area contributed by atoms with E-state index in [4.69, 9.17) is 4.52 Å². The van der Waals surface area contributed by atoms with E-state index in [1.54, 1.807) is 0 Å². The van der Waals surface area contributed by atoms with Crippen molar-refractivity contribution in [3.63, 3.8) is 0 Å². The first-order valence-corrected chi connectivity index (χ1v) is 7.65. The molecule has 1 heterocycles. The molecule has 0 unspecified atom stereocenters. The molecule has 1 saturated carbocycles. The van der Waals surface area contributed by atoms with Gasteiger partial charge in [0.1, 0.15) is 0 Å². The number of aromatic nitrogens is 1. The standard InChI is InChI=1S/C15H25N3O2/c1-3-12(4-2)14-7-13(20-18-14)9-17-15(19)10-16-8-11-5-6-11/h7,11-12,16H,3-6,8-10H2,1-2H3,(H,17,19). The van der Waals surface area contributed by atoms with Crippen LogP contribution < -0.4 is 10.6 Å². The first-order chi connectivity index (χ1) is 9.72. The second-order valence-electron chi connectivity index (χ2n) is 5.58. The summed E-state index contributed by atoms with van der Waals surface area (Å²) < 4.78 is 5.27. The SMILES string of the molecule is CCC(CC)c1cc(CNC(=O)CNCC2CC2)on1.